The largest absolute Gasteiger partial charge is 0.348 e. The molecule has 0 bridgehead atoms. The average molecular weight is 305 g/mol. The summed E-state index contributed by atoms with van der Waals surface area (Å²) in [6, 6.07) is 6.14. The minimum atomic E-state index is -3.21. The number of hydrogen-bond acceptors (Lipinski definition) is 4. The zero-order valence-electron chi connectivity index (χ0n) is 10.5. The van der Waals surface area contributed by atoms with Crippen molar-refractivity contribution in [2.24, 2.45) is 0 Å². The highest BCUT2D eigenvalue weighted by Gasteiger charge is 2.17. The fourth-order valence-electron chi connectivity index (χ4n) is 1.90. The lowest BCUT2D eigenvalue weighted by Crippen LogP contribution is -2.36. The second-order valence-corrected chi connectivity index (χ2v) is 6.48. The van der Waals surface area contributed by atoms with Crippen LogP contribution in [0.25, 0.3) is 0 Å². The van der Waals surface area contributed by atoms with Gasteiger partial charge < -0.3 is 10.6 Å². The normalized spacial score (nSPS) is 18.7. The van der Waals surface area contributed by atoms with E-state index < -0.39 is 9.84 Å². The molecule has 7 heteroatoms. The monoisotopic (exact) mass is 304 g/mol. The van der Waals surface area contributed by atoms with Gasteiger partial charge in [0.1, 0.15) is 0 Å². The standard InChI is InChI=1S/C12H16N2O3S.ClH/c1-18(16,17)11-4-2-9(3-5-11)12(15)14-10-6-7-13-8-10;/h2-5,10,13H,6-8H2,1H3,(H,14,15);1H. The van der Waals surface area contributed by atoms with Crippen LogP contribution < -0.4 is 10.6 Å². The molecule has 2 N–H and O–H groups in total. The van der Waals surface area contributed by atoms with Gasteiger partial charge in [-0.15, -0.1) is 12.4 Å². The zero-order valence-corrected chi connectivity index (χ0v) is 12.2. The Morgan fingerprint density at radius 2 is 1.95 bits per heavy atom. The fourth-order valence-corrected chi connectivity index (χ4v) is 2.53. The smallest absolute Gasteiger partial charge is 0.251 e. The molecule has 1 aromatic rings. The molecule has 1 aliphatic rings. The van der Waals surface area contributed by atoms with Gasteiger partial charge in [0.05, 0.1) is 4.90 Å². The molecule has 0 aromatic heterocycles. The summed E-state index contributed by atoms with van der Waals surface area (Å²) in [6.07, 6.45) is 2.07. The number of carbonyl (C=O) groups is 1. The highest BCUT2D eigenvalue weighted by molar-refractivity contribution is 7.90. The van der Waals surface area contributed by atoms with E-state index in [0.717, 1.165) is 25.8 Å². The van der Waals surface area contributed by atoms with Gasteiger partial charge in [-0.3, -0.25) is 4.79 Å². The summed E-state index contributed by atoms with van der Waals surface area (Å²) in [6.45, 7) is 1.70. The molecule has 0 spiro atoms. The summed E-state index contributed by atoms with van der Waals surface area (Å²) in [5, 5.41) is 6.07. The van der Waals surface area contributed by atoms with Crippen molar-refractivity contribution in [1.82, 2.24) is 10.6 Å². The van der Waals surface area contributed by atoms with Crippen molar-refractivity contribution in [3.8, 4) is 0 Å². The van der Waals surface area contributed by atoms with E-state index >= 15 is 0 Å². The Balaban J connectivity index is 0.00000180. The van der Waals surface area contributed by atoms with Gasteiger partial charge in [-0.25, -0.2) is 8.42 Å². The number of sulfone groups is 1. The van der Waals surface area contributed by atoms with Crippen molar-refractivity contribution in [2.75, 3.05) is 19.3 Å². The predicted molar refractivity (Wildman–Crippen MR) is 75.5 cm³/mol. The first-order valence-electron chi connectivity index (χ1n) is 5.78. The molecule has 1 aromatic carbocycles. The second kappa shape index (κ2) is 6.36. The van der Waals surface area contributed by atoms with Gasteiger partial charge in [-0.1, -0.05) is 0 Å². The highest BCUT2D eigenvalue weighted by atomic mass is 35.5. The first-order valence-corrected chi connectivity index (χ1v) is 7.67. The lowest BCUT2D eigenvalue weighted by molar-refractivity contribution is 0.0940. The van der Waals surface area contributed by atoms with E-state index in [4.69, 9.17) is 0 Å². The predicted octanol–water partition coefficient (Wildman–Crippen LogP) is 0.604. The molecule has 0 saturated carbocycles. The van der Waals surface area contributed by atoms with Gasteiger partial charge in [0.2, 0.25) is 0 Å². The number of benzene rings is 1. The SMILES string of the molecule is CS(=O)(=O)c1ccc(C(=O)NC2CCNC2)cc1.Cl. The van der Waals surface area contributed by atoms with Gasteiger partial charge in [0, 0.05) is 24.4 Å². The molecule has 5 nitrogen and oxygen atoms in total. The van der Waals surface area contributed by atoms with Crippen LogP contribution in [0.5, 0.6) is 0 Å². The molecule has 1 fully saturated rings. The molecule has 1 heterocycles. The van der Waals surface area contributed by atoms with E-state index in [1.165, 1.54) is 24.3 Å². The Bertz CT molecular complexity index is 537. The average Bonchev–Trinajstić information content (AvgIpc) is 2.81. The quantitative estimate of drug-likeness (QED) is 0.858. The second-order valence-electron chi connectivity index (χ2n) is 4.46. The number of hydrogen-bond donors (Lipinski definition) is 2. The van der Waals surface area contributed by atoms with Crippen LogP contribution in [0.2, 0.25) is 0 Å². The van der Waals surface area contributed by atoms with E-state index in [1.54, 1.807) is 0 Å². The van der Waals surface area contributed by atoms with Crippen LogP contribution in [0, 0.1) is 0 Å². The minimum Gasteiger partial charge on any atom is -0.348 e. The third-order valence-electron chi connectivity index (χ3n) is 2.94. The van der Waals surface area contributed by atoms with Crippen LogP contribution in [-0.4, -0.2) is 39.7 Å². The molecule has 0 aliphatic carbocycles. The van der Waals surface area contributed by atoms with Crippen molar-refractivity contribution in [3.63, 3.8) is 0 Å². The van der Waals surface area contributed by atoms with Crippen LogP contribution in [0.1, 0.15) is 16.8 Å². The van der Waals surface area contributed by atoms with Gasteiger partial charge in [0.15, 0.2) is 9.84 Å². The van der Waals surface area contributed by atoms with Crippen molar-refractivity contribution in [3.05, 3.63) is 29.8 Å². The maximum Gasteiger partial charge on any atom is 0.251 e. The van der Waals surface area contributed by atoms with E-state index in [1.807, 2.05) is 0 Å². The molecule has 1 atom stereocenters. The van der Waals surface area contributed by atoms with Crippen LogP contribution in [0.4, 0.5) is 0 Å². The van der Waals surface area contributed by atoms with Gasteiger partial charge in [-0.2, -0.15) is 0 Å². The number of halogens is 1. The summed E-state index contributed by atoms with van der Waals surface area (Å²) in [7, 11) is -3.21. The summed E-state index contributed by atoms with van der Waals surface area (Å²) in [5.41, 5.74) is 0.481. The third-order valence-corrected chi connectivity index (χ3v) is 4.07. The molecular formula is C12H17ClN2O3S. The highest BCUT2D eigenvalue weighted by Crippen LogP contribution is 2.10. The Morgan fingerprint density at radius 1 is 1.32 bits per heavy atom. The Hall–Kier alpha value is -1.11. The summed E-state index contributed by atoms with van der Waals surface area (Å²) in [5.74, 6) is -0.163. The summed E-state index contributed by atoms with van der Waals surface area (Å²) < 4.78 is 22.6. The lowest BCUT2D eigenvalue weighted by Gasteiger charge is -2.11. The van der Waals surface area contributed by atoms with Gasteiger partial charge in [-0.05, 0) is 37.2 Å². The van der Waals surface area contributed by atoms with Crippen LogP contribution in [0.15, 0.2) is 29.2 Å². The van der Waals surface area contributed by atoms with Crippen molar-refractivity contribution in [2.45, 2.75) is 17.4 Å². The first-order chi connectivity index (χ1) is 8.47. The number of rotatable bonds is 3. The van der Waals surface area contributed by atoms with Crippen molar-refractivity contribution in [1.29, 1.82) is 0 Å². The molecule has 0 radical (unpaired) electrons. The molecule has 1 saturated heterocycles. The molecule has 19 heavy (non-hydrogen) atoms. The van der Waals surface area contributed by atoms with E-state index in [-0.39, 0.29) is 29.3 Å². The molecule has 1 amide bonds. The minimum absolute atomic E-state index is 0. The summed E-state index contributed by atoms with van der Waals surface area (Å²) in [4.78, 5) is 12.1. The zero-order chi connectivity index (χ0) is 13.2. The van der Waals surface area contributed by atoms with Crippen LogP contribution >= 0.6 is 12.4 Å². The van der Waals surface area contributed by atoms with E-state index in [9.17, 15) is 13.2 Å². The van der Waals surface area contributed by atoms with Crippen molar-refractivity contribution >= 4 is 28.2 Å². The van der Waals surface area contributed by atoms with Crippen molar-refractivity contribution < 1.29 is 13.2 Å². The van der Waals surface area contributed by atoms with E-state index in [2.05, 4.69) is 10.6 Å². The molecule has 106 valence electrons. The number of amides is 1. The Labute approximate surface area is 119 Å². The van der Waals surface area contributed by atoms with Crippen LogP contribution in [-0.2, 0) is 9.84 Å². The number of nitrogens with one attached hydrogen (secondary N) is 2. The Kier molecular flexibility index (Phi) is 5.34. The maximum absolute atomic E-state index is 11.9. The maximum atomic E-state index is 11.9. The van der Waals surface area contributed by atoms with Gasteiger partial charge >= 0.3 is 0 Å². The molecular weight excluding hydrogens is 288 g/mol. The molecule has 1 unspecified atom stereocenters. The molecule has 1 aliphatic heterocycles. The Morgan fingerprint density at radius 3 is 2.42 bits per heavy atom. The fraction of sp³-hybridized carbons (Fsp3) is 0.417. The van der Waals surface area contributed by atoms with Crippen LogP contribution in [0.3, 0.4) is 0 Å². The van der Waals surface area contributed by atoms with E-state index in [0.29, 0.717) is 5.56 Å². The lowest BCUT2D eigenvalue weighted by atomic mass is 10.2. The number of carbonyl (C=O) groups excluding carboxylic acids is 1. The summed E-state index contributed by atoms with van der Waals surface area (Å²) >= 11 is 0. The first kappa shape index (κ1) is 15.9. The molecule has 2 rings (SSSR count). The van der Waals surface area contributed by atoms with Gasteiger partial charge in [0.25, 0.3) is 5.91 Å². The topological polar surface area (TPSA) is 75.3 Å². The third kappa shape index (κ3) is 4.19.